The lowest BCUT2D eigenvalue weighted by atomic mass is 9.93. The Balaban J connectivity index is 2.63. The monoisotopic (exact) mass is 249 g/mol. The van der Waals surface area contributed by atoms with Gasteiger partial charge in [-0.25, -0.2) is 0 Å². The van der Waals surface area contributed by atoms with E-state index in [1.807, 2.05) is 25.1 Å². The average molecular weight is 249 g/mol. The standard InChI is InChI=1S/C18H19N/c1-13(2)18(19)17(15-7-5-4-6-8-15)16-11-9-14(3)10-12-16/h4-12H,1,19H2,2-3H3/b18-17-. The minimum atomic E-state index is 0.745. The predicted octanol–water partition coefficient (Wildman–Crippen LogP) is 4.29. The highest BCUT2D eigenvalue weighted by Crippen LogP contribution is 2.27. The van der Waals surface area contributed by atoms with Crippen LogP contribution in [0.2, 0.25) is 0 Å². The van der Waals surface area contributed by atoms with Gasteiger partial charge in [0.25, 0.3) is 0 Å². The molecule has 0 aromatic heterocycles. The molecule has 2 aromatic rings. The zero-order chi connectivity index (χ0) is 13.8. The lowest BCUT2D eigenvalue weighted by molar-refractivity contribution is 1.29. The first-order valence-corrected chi connectivity index (χ1v) is 6.37. The van der Waals surface area contributed by atoms with Gasteiger partial charge in [-0.3, -0.25) is 0 Å². The highest BCUT2D eigenvalue weighted by molar-refractivity contribution is 5.83. The van der Waals surface area contributed by atoms with Crippen LogP contribution in [-0.4, -0.2) is 0 Å². The van der Waals surface area contributed by atoms with Crippen LogP contribution < -0.4 is 5.73 Å². The van der Waals surface area contributed by atoms with Crippen LogP contribution in [0.1, 0.15) is 23.6 Å². The van der Waals surface area contributed by atoms with Crippen LogP contribution in [-0.2, 0) is 0 Å². The normalized spacial score (nSPS) is 11.9. The summed E-state index contributed by atoms with van der Waals surface area (Å²) in [6.45, 7) is 7.98. The van der Waals surface area contributed by atoms with E-state index in [0.717, 1.165) is 28.0 Å². The molecule has 1 heteroatoms. The van der Waals surface area contributed by atoms with Gasteiger partial charge in [0.1, 0.15) is 0 Å². The number of allylic oxidation sites excluding steroid dienone is 1. The van der Waals surface area contributed by atoms with Crippen molar-refractivity contribution in [2.75, 3.05) is 0 Å². The summed E-state index contributed by atoms with van der Waals surface area (Å²) >= 11 is 0. The van der Waals surface area contributed by atoms with E-state index >= 15 is 0 Å². The minimum absolute atomic E-state index is 0.745. The Morgan fingerprint density at radius 2 is 1.42 bits per heavy atom. The average Bonchev–Trinajstić information content (AvgIpc) is 2.42. The maximum atomic E-state index is 6.24. The molecule has 0 heterocycles. The summed E-state index contributed by atoms with van der Waals surface area (Å²) in [6, 6.07) is 18.6. The Bertz CT molecular complexity index is 604. The van der Waals surface area contributed by atoms with Crippen LogP contribution in [0.4, 0.5) is 0 Å². The van der Waals surface area contributed by atoms with Crippen molar-refractivity contribution in [3.05, 3.63) is 89.1 Å². The molecule has 0 spiro atoms. The molecule has 0 saturated heterocycles. The van der Waals surface area contributed by atoms with Gasteiger partial charge in [-0.15, -0.1) is 0 Å². The van der Waals surface area contributed by atoms with Crippen molar-refractivity contribution in [2.45, 2.75) is 13.8 Å². The van der Waals surface area contributed by atoms with Crippen molar-refractivity contribution in [3.63, 3.8) is 0 Å². The SMILES string of the molecule is C=C(C)/C(N)=C(\c1ccccc1)c1ccc(C)cc1. The Kier molecular flexibility index (Phi) is 3.86. The maximum Gasteiger partial charge on any atom is 0.0423 e. The van der Waals surface area contributed by atoms with Crippen LogP contribution in [0.5, 0.6) is 0 Å². The van der Waals surface area contributed by atoms with Gasteiger partial charge in [0.15, 0.2) is 0 Å². The fraction of sp³-hybridized carbons (Fsp3) is 0.111. The quantitative estimate of drug-likeness (QED) is 0.807. The second-order valence-electron chi connectivity index (χ2n) is 4.80. The summed E-state index contributed by atoms with van der Waals surface area (Å²) in [5.41, 5.74) is 12.4. The number of nitrogens with two attached hydrogens (primary N) is 1. The Labute approximate surface area is 115 Å². The van der Waals surface area contributed by atoms with Crippen molar-refractivity contribution in [3.8, 4) is 0 Å². The molecule has 0 radical (unpaired) electrons. The molecule has 19 heavy (non-hydrogen) atoms. The first kappa shape index (κ1) is 13.2. The molecule has 0 amide bonds. The summed E-state index contributed by atoms with van der Waals surface area (Å²) in [6.07, 6.45) is 0. The molecular weight excluding hydrogens is 230 g/mol. The van der Waals surface area contributed by atoms with Crippen LogP contribution in [0.25, 0.3) is 5.57 Å². The summed E-state index contributed by atoms with van der Waals surface area (Å²) < 4.78 is 0. The van der Waals surface area contributed by atoms with Gasteiger partial charge in [0, 0.05) is 11.3 Å². The van der Waals surface area contributed by atoms with Gasteiger partial charge in [0.05, 0.1) is 0 Å². The summed E-state index contributed by atoms with van der Waals surface area (Å²) in [7, 11) is 0. The Hall–Kier alpha value is -2.28. The molecule has 2 N–H and O–H groups in total. The van der Waals surface area contributed by atoms with E-state index in [1.54, 1.807) is 0 Å². The maximum absolute atomic E-state index is 6.24. The highest BCUT2D eigenvalue weighted by atomic mass is 14.6. The fourth-order valence-electron chi connectivity index (χ4n) is 2.02. The lowest BCUT2D eigenvalue weighted by Crippen LogP contribution is -2.04. The van der Waals surface area contributed by atoms with E-state index in [9.17, 15) is 0 Å². The lowest BCUT2D eigenvalue weighted by Gasteiger charge is -2.13. The van der Waals surface area contributed by atoms with E-state index in [-0.39, 0.29) is 0 Å². The second-order valence-corrected chi connectivity index (χ2v) is 4.80. The molecule has 2 aromatic carbocycles. The van der Waals surface area contributed by atoms with Crippen LogP contribution in [0.15, 0.2) is 72.4 Å². The van der Waals surface area contributed by atoms with Crippen molar-refractivity contribution in [1.82, 2.24) is 0 Å². The number of benzene rings is 2. The van der Waals surface area contributed by atoms with E-state index in [2.05, 4.69) is 49.9 Å². The molecule has 0 unspecified atom stereocenters. The first-order valence-electron chi connectivity index (χ1n) is 6.37. The van der Waals surface area contributed by atoms with E-state index < -0.39 is 0 Å². The number of aryl methyl sites for hydroxylation is 1. The molecule has 0 aliphatic rings. The van der Waals surface area contributed by atoms with Crippen molar-refractivity contribution >= 4 is 5.57 Å². The molecule has 0 bridgehead atoms. The summed E-state index contributed by atoms with van der Waals surface area (Å²) in [5.74, 6) is 0. The number of hydrogen-bond acceptors (Lipinski definition) is 1. The number of hydrogen-bond donors (Lipinski definition) is 1. The van der Waals surface area contributed by atoms with Gasteiger partial charge < -0.3 is 5.73 Å². The molecule has 0 atom stereocenters. The van der Waals surface area contributed by atoms with Gasteiger partial charge >= 0.3 is 0 Å². The van der Waals surface area contributed by atoms with Gasteiger partial charge in [-0.05, 0) is 30.5 Å². The molecular formula is C18H19N. The third-order valence-electron chi connectivity index (χ3n) is 3.13. The minimum Gasteiger partial charge on any atom is -0.398 e. The molecule has 1 nitrogen and oxygen atoms in total. The van der Waals surface area contributed by atoms with E-state index in [1.165, 1.54) is 5.56 Å². The van der Waals surface area contributed by atoms with Gasteiger partial charge in [-0.1, -0.05) is 66.7 Å². The van der Waals surface area contributed by atoms with Crippen LogP contribution in [0, 0.1) is 6.92 Å². The fourth-order valence-corrected chi connectivity index (χ4v) is 2.02. The zero-order valence-corrected chi connectivity index (χ0v) is 11.5. The molecule has 96 valence electrons. The predicted molar refractivity (Wildman–Crippen MR) is 82.6 cm³/mol. The Morgan fingerprint density at radius 3 is 1.95 bits per heavy atom. The van der Waals surface area contributed by atoms with E-state index in [4.69, 9.17) is 5.73 Å². The Morgan fingerprint density at radius 1 is 0.895 bits per heavy atom. The molecule has 0 fully saturated rings. The third kappa shape index (κ3) is 2.94. The number of rotatable bonds is 3. The smallest absolute Gasteiger partial charge is 0.0423 e. The van der Waals surface area contributed by atoms with Crippen LogP contribution >= 0.6 is 0 Å². The topological polar surface area (TPSA) is 26.0 Å². The van der Waals surface area contributed by atoms with Gasteiger partial charge in [0.2, 0.25) is 0 Å². The highest BCUT2D eigenvalue weighted by Gasteiger charge is 2.09. The molecule has 0 aliphatic heterocycles. The van der Waals surface area contributed by atoms with Gasteiger partial charge in [-0.2, -0.15) is 0 Å². The van der Waals surface area contributed by atoms with Crippen molar-refractivity contribution < 1.29 is 0 Å². The second kappa shape index (κ2) is 5.57. The zero-order valence-electron chi connectivity index (χ0n) is 11.5. The summed E-state index contributed by atoms with van der Waals surface area (Å²) in [4.78, 5) is 0. The van der Waals surface area contributed by atoms with Crippen LogP contribution in [0.3, 0.4) is 0 Å². The summed E-state index contributed by atoms with van der Waals surface area (Å²) in [5, 5.41) is 0. The third-order valence-corrected chi connectivity index (χ3v) is 3.13. The molecule has 0 aliphatic carbocycles. The first-order chi connectivity index (χ1) is 9.09. The molecule has 2 rings (SSSR count). The van der Waals surface area contributed by atoms with Crippen molar-refractivity contribution in [1.29, 1.82) is 0 Å². The van der Waals surface area contributed by atoms with Crippen molar-refractivity contribution in [2.24, 2.45) is 5.73 Å². The molecule has 0 saturated carbocycles. The van der Waals surface area contributed by atoms with E-state index in [0.29, 0.717) is 0 Å². The largest absolute Gasteiger partial charge is 0.398 e.